The van der Waals surface area contributed by atoms with Crippen LogP contribution in [-0.2, 0) is 23.0 Å². The first-order valence-electron chi connectivity index (χ1n) is 6.41. The van der Waals surface area contributed by atoms with Crippen molar-refractivity contribution in [1.82, 2.24) is 4.57 Å². The summed E-state index contributed by atoms with van der Waals surface area (Å²) < 4.78 is 23.0. The molecule has 6 nitrogen and oxygen atoms in total. The third kappa shape index (κ3) is 4.98. The van der Waals surface area contributed by atoms with E-state index in [1.807, 2.05) is 0 Å². The topological polar surface area (TPSA) is 106 Å². The van der Waals surface area contributed by atoms with Crippen LogP contribution in [0.5, 0.6) is 0 Å². The molecular formula is C14H14Cl3N3O3S. The van der Waals surface area contributed by atoms with Crippen LogP contribution >= 0.6 is 35.6 Å². The number of nitrogens with two attached hydrogens (primary N) is 1. The highest BCUT2D eigenvalue weighted by atomic mass is 35.5. The Labute approximate surface area is 156 Å². The number of benzene rings is 1. The van der Waals surface area contributed by atoms with Crippen LogP contribution < -0.4 is 11.2 Å². The maximum atomic E-state index is 11.3. The zero-order valence-electron chi connectivity index (χ0n) is 12.2. The van der Waals surface area contributed by atoms with Gasteiger partial charge in [-0.1, -0.05) is 35.3 Å². The van der Waals surface area contributed by atoms with Crippen molar-refractivity contribution in [3.8, 4) is 0 Å². The Kier molecular flexibility index (Phi) is 7.28. The van der Waals surface area contributed by atoms with E-state index in [9.17, 15) is 13.2 Å². The number of thiol groups is 1. The number of halogens is 3. The minimum absolute atomic E-state index is 0. The minimum atomic E-state index is -2.56. The second kappa shape index (κ2) is 8.53. The molecule has 0 saturated carbocycles. The predicted molar refractivity (Wildman–Crippen MR) is 95.6 cm³/mol. The van der Waals surface area contributed by atoms with E-state index in [1.165, 1.54) is 16.8 Å². The smallest absolute Gasteiger partial charge is 0.252 e. The van der Waals surface area contributed by atoms with Crippen molar-refractivity contribution in [3.05, 3.63) is 62.7 Å². The van der Waals surface area contributed by atoms with Crippen LogP contribution in [0.3, 0.4) is 0 Å². The van der Waals surface area contributed by atoms with Crippen molar-refractivity contribution in [1.29, 1.82) is 5.41 Å². The molecule has 0 aliphatic heterocycles. The van der Waals surface area contributed by atoms with E-state index in [-0.39, 0.29) is 40.8 Å². The van der Waals surface area contributed by atoms with Crippen molar-refractivity contribution >= 4 is 52.2 Å². The van der Waals surface area contributed by atoms with Crippen molar-refractivity contribution in [3.63, 3.8) is 0 Å². The number of hydrogen-bond acceptors (Lipinski definition) is 4. The van der Waals surface area contributed by atoms with Crippen molar-refractivity contribution in [2.75, 3.05) is 0 Å². The molecular weight excluding hydrogens is 397 g/mol. The van der Waals surface area contributed by atoms with E-state index in [0.717, 1.165) is 5.56 Å². The normalized spacial score (nSPS) is 10.5. The van der Waals surface area contributed by atoms with Crippen LogP contribution in [0.15, 0.2) is 30.5 Å². The molecule has 1 heterocycles. The lowest BCUT2D eigenvalue weighted by Crippen LogP contribution is -2.29. The molecule has 1 amide bonds. The summed E-state index contributed by atoms with van der Waals surface area (Å²) in [5.74, 6) is -0.868. The largest absolute Gasteiger partial charge is 0.365 e. The number of pyridine rings is 1. The van der Waals surface area contributed by atoms with Gasteiger partial charge in [0.1, 0.15) is 16.2 Å². The molecule has 0 atom stereocenters. The van der Waals surface area contributed by atoms with Crippen LogP contribution in [0.25, 0.3) is 0 Å². The highest BCUT2D eigenvalue weighted by molar-refractivity contribution is 7.71. The predicted octanol–water partition coefficient (Wildman–Crippen LogP) is 1.95. The highest BCUT2D eigenvalue weighted by Gasteiger charge is 2.10. The second-order valence-electron chi connectivity index (χ2n) is 4.83. The van der Waals surface area contributed by atoms with Gasteiger partial charge in [-0.05, 0) is 23.3 Å². The van der Waals surface area contributed by atoms with E-state index < -0.39 is 16.6 Å². The van der Waals surface area contributed by atoms with Gasteiger partial charge in [-0.15, -0.1) is 12.4 Å². The zero-order valence-corrected chi connectivity index (χ0v) is 15.4. The van der Waals surface area contributed by atoms with Gasteiger partial charge in [-0.25, -0.2) is 8.42 Å². The summed E-state index contributed by atoms with van der Waals surface area (Å²) in [6, 6.07) is 6.28. The first kappa shape index (κ1) is 20.5. The van der Waals surface area contributed by atoms with Crippen molar-refractivity contribution in [2.45, 2.75) is 12.3 Å². The Balaban J connectivity index is 0.00000288. The van der Waals surface area contributed by atoms with E-state index in [2.05, 4.69) is 0 Å². The van der Waals surface area contributed by atoms with E-state index >= 15 is 0 Å². The molecule has 0 fully saturated rings. The van der Waals surface area contributed by atoms with Gasteiger partial charge in [0.2, 0.25) is 0 Å². The molecule has 0 unspecified atom stereocenters. The molecule has 2 rings (SSSR count). The summed E-state index contributed by atoms with van der Waals surface area (Å²) in [6.45, 7) is 0.239. The van der Waals surface area contributed by atoms with Crippen LogP contribution in [0.4, 0.5) is 0 Å². The molecule has 0 bridgehead atoms. The Morgan fingerprint density at radius 1 is 1.25 bits per heavy atom. The van der Waals surface area contributed by atoms with Gasteiger partial charge in [-0.3, -0.25) is 10.2 Å². The molecule has 0 aliphatic rings. The Bertz CT molecular complexity index is 902. The van der Waals surface area contributed by atoms with Gasteiger partial charge in [-0.2, -0.15) is 0 Å². The van der Waals surface area contributed by atoms with Gasteiger partial charge in [0, 0.05) is 17.8 Å². The highest BCUT2D eigenvalue weighted by Crippen LogP contribution is 2.19. The summed E-state index contributed by atoms with van der Waals surface area (Å²) in [4.78, 5) is 11.3. The SMILES string of the molecule is Cl.N=c1c(C(N)=O)cc(Cl)cn1Cc1ccc(C[SH](=O)=O)c(Cl)c1. The average Bonchev–Trinajstić information content (AvgIpc) is 2.44. The van der Waals surface area contributed by atoms with E-state index in [0.29, 0.717) is 10.6 Å². The molecule has 0 aliphatic carbocycles. The van der Waals surface area contributed by atoms with Crippen LogP contribution in [-0.4, -0.2) is 18.9 Å². The maximum absolute atomic E-state index is 11.3. The van der Waals surface area contributed by atoms with Gasteiger partial charge >= 0.3 is 0 Å². The average molecular weight is 411 g/mol. The summed E-state index contributed by atoms with van der Waals surface area (Å²) >= 11 is 12.0. The van der Waals surface area contributed by atoms with Crippen molar-refractivity contribution in [2.24, 2.45) is 5.73 Å². The number of nitrogens with zero attached hydrogens (tertiary/aromatic N) is 1. The fourth-order valence-corrected chi connectivity index (χ4v) is 3.22. The monoisotopic (exact) mass is 409 g/mol. The first-order chi connectivity index (χ1) is 10.8. The standard InChI is InChI=1S/C14H13Cl2N3O3S.ClH/c15-10-4-11(14(18)20)13(17)19(6-10)5-8-1-2-9(7-23(21)22)12(16)3-8;/h1-4,6,17,23H,5,7H2,(H2,18,20);1H. The molecule has 0 saturated heterocycles. The number of nitrogens with one attached hydrogen (secondary N) is 1. The van der Waals surface area contributed by atoms with Gasteiger partial charge in [0.05, 0.1) is 16.3 Å². The number of rotatable bonds is 5. The zero-order chi connectivity index (χ0) is 17.1. The number of primary amides is 1. The summed E-state index contributed by atoms with van der Waals surface area (Å²) in [5, 5.41) is 8.61. The van der Waals surface area contributed by atoms with Crippen LogP contribution in [0.1, 0.15) is 21.5 Å². The number of carbonyl (C=O) groups is 1. The molecule has 10 heteroatoms. The number of carbonyl (C=O) groups excluding carboxylic acids is 1. The maximum Gasteiger partial charge on any atom is 0.252 e. The Morgan fingerprint density at radius 3 is 2.46 bits per heavy atom. The van der Waals surface area contributed by atoms with Gasteiger partial charge in [0.15, 0.2) is 0 Å². The second-order valence-corrected chi connectivity index (χ2v) is 6.65. The third-order valence-corrected chi connectivity index (χ3v) is 4.30. The molecule has 3 N–H and O–H groups in total. The molecule has 1 aromatic carbocycles. The minimum Gasteiger partial charge on any atom is -0.365 e. The summed E-state index contributed by atoms with van der Waals surface area (Å²) in [5.41, 5.74) is 6.42. The fourth-order valence-electron chi connectivity index (χ4n) is 2.08. The Morgan fingerprint density at radius 2 is 1.92 bits per heavy atom. The third-order valence-electron chi connectivity index (χ3n) is 3.14. The number of amides is 1. The molecule has 130 valence electrons. The molecule has 2 aromatic rings. The Hall–Kier alpha value is -1.54. The lowest BCUT2D eigenvalue weighted by molar-refractivity contribution is 0.0997. The number of hydrogen-bond donors (Lipinski definition) is 3. The molecule has 1 aromatic heterocycles. The summed E-state index contributed by atoms with van der Waals surface area (Å²) in [7, 11) is -2.56. The van der Waals surface area contributed by atoms with Crippen molar-refractivity contribution < 1.29 is 13.2 Å². The van der Waals surface area contributed by atoms with Gasteiger partial charge < -0.3 is 10.3 Å². The molecule has 0 radical (unpaired) electrons. The van der Waals surface area contributed by atoms with E-state index in [4.69, 9.17) is 34.3 Å². The van der Waals surface area contributed by atoms with Gasteiger partial charge in [0.25, 0.3) is 5.91 Å². The van der Waals surface area contributed by atoms with Crippen LogP contribution in [0.2, 0.25) is 10.0 Å². The first-order valence-corrected chi connectivity index (χ1v) is 8.53. The lowest BCUT2D eigenvalue weighted by atomic mass is 10.1. The van der Waals surface area contributed by atoms with E-state index in [1.54, 1.807) is 18.2 Å². The lowest BCUT2D eigenvalue weighted by Gasteiger charge is -2.11. The summed E-state index contributed by atoms with van der Waals surface area (Å²) in [6.07, 6.45) is 1.51. The van der Waals surface area contributed by atoms with Crippen LogP contribution in [0, 0.1) is 5.41 Å². The number of aromatic nitrogens is 1. The quantitative estimate of drug-likeness (QED) is 0.656. The molecule has 24 heavy (non-hydrogen) atoms. The fraction of sp³-hybridized carbons (Fsp3) is 0.143. The molecule has 0 spiro atoms.